The van der Waals surface area contributed by atoms with Gasteiger partial charge in [0.05, 0.1) is 36.5 Å². The minimum atomic E-state index is -0.687. The van der Waals surface area contributed by atoms with Gasteiger partial charge in [-0.25, -0.2) is 4.79 Å². The Balaban J connectivity index is 1.76. The number of carbonyl (C=O) groups is 3. The fourth-order valence-electron chi connectivity index (χ4n) is 3.32. The first kappa shape index (κ1) is 27.0. The van der Waals surface area contributed by atoms with E-state index in [9.17, 15) is 14.4 Å². The molecule has 13 heteroatoms. The number of esters is 1. The number of aromatic nitrogens is 3. The first-order valence-electron chi connectivity index (χ1n) is 10.8. The second-order valence-electron chi connectivity index (χ2n) is 7.85. The lowest BCUT2D eigenvalue weighted by Gasteiger charge is -2.10. The number of amides is 2. The molecule has 0 spiro atoms. The number of hydrogen-bond donors (Lipinski definition) is 2. The van der Waals surface area contributed by atoms with Crippen molar-refractivity contribution in [2.75, 3.05) is 25.3 Å². The maximum absolute atomic E-state index is 12.7. The molecule has 11 nitrogen and oxygen atoms in total. The van der Waals surface area contributed by atoms with Crippen molar-refractivity contribution in [3.8, 4) is 22.9 Å². The molecule has 3 aromatic rings. The Labute approximate surface area is 216 Å². The van der Waals surface area contributed by atoms with Gasteiger partial charge in [-0.3, -0.25) is 9.59 Å². The van der Waals surface area contributed by atoms with E-state index in [1.165, 1.54) is 11.8 Å². The fraction of sp³-hybridized carbons (Fsp3) is 0.348. The molecule has 2 amide bonds. The Bertz CT molecular complexity index is 1300. The molecule has 1 aromatic carbocycles. The van der Waals surface area contributed by atoms with E-state index in [0.717, 1.165) is 16.9 Å². The monoisotopic (exact) mass is 533 g/mol. The smallest absolute Gasteiger partial charge is 0.341 e. The average molecular weight is 534 g/mol. The Morgan fingerprint density at radius 3 is 2.47 bits per heavy atom. The van der Waals surface area contributed by atoms with E-state index < -0.39 is 17.8 Å². The van der Waals surface area contributed by atoms with Gasteiger partial charge in [0, 0.05) is 12.6 Å². The van der Waals surface area contributed by atoms with E-state index in [4.69, 9.17) is 19.9 Å². The third-order valence-corrected chi connectivity index (χ3v) is 7.22. The van der Waals surface area contributed by atoms with Gasteiger partial charge in [0.2, 0.25) is 5.91 Å². The number of thiophene rings is 1. The number of rotatable bonds is 10. The van der Waals surface area contributed by atoms with Crippen LogP contribution in [0.1, 0.15) is 39.4 Å². The summed E-state index contributed by atoms with van der Waals surface area (Å²) in [6.45, 7) is 5.01. The normalized spacial score (nSPS) is 10.9. The molecule has 0 saturated heterocycles. The number of nitrogens with zero attached hydrogens (tertiary/aromatic N) is 3. The number of hydrogen-bond acceptors (Lipinski definition) is 10. The van der Waals surface area contributed by atoms with Gasteiger partial charge in [-0.15, -0.1) is 21.5 Å². The molecule has 192 valence electrons. The van der Waals surface area contributed by atoms with Crippen LogP contribution in [-0.4, -0.2) is 58.6 Å². The number of nitrogens with one attached hydrogen (secondary N) is 1. The van der Waals surface area contributed by atoms with Crippen molar-refractivity contribution >= 4 is 45.9 Å². The van der Waals surface area contributed by atoms with Gasteiger partial charge in [-0.05, 0) is 44.5 Å². The zero-order chi connectivity index (χ0) is 26.6. The lowest BCUT2D eigenvalue weighted by atomic mass is 10.1. The molecule has 3 rings (SSSR count). The van der Waals surface area contributed by atoms with Crippen LogP contribution >= 0.6 is 23.1 Å². The minimum absolute atomic E-state index is 0.0145. The summed E-state index contributed by atoms with van der Waals surface area (Å²) in [7, 11) is 4.89. The molecule has 36 heavy (non-hydrogen) atoms. The SMILES string of the molecule is COc1ccc(-c2nnc(SCC(=O)Nc3sc(C(N)=O)c(C)c3C(=O)OC(C)C)n2C)cc1OC. The quantitative estimate of drug-likeness (QED) is 0.296. The van der Waals surface area contributed by atoms with Crippen molar-refractivity contribution in [3.05, 3.63) is 34.2 Å². The van der Waals surface area contributed by atoms with Crippen LogP contribution in [0.4, 0.5) is 5.00 Å². The molecule has 0 bridgehead atoms. The topological polar surface area (TPSA) is 148 Å². The molecule has 2 aromatic heterocycles. The summed E-state index contributed by atoms with van der Waals surface area (Å²) in [6, 6.07) is 5.39. The number of carbonyl (C=O) groups excluding carboxylic acids is 3. The number of ether oxygens (including phenoxy) is 3. The highest BCUT2D eigenvalue weighted by Crippen LogP contribution is 2.35. The molecule has 3 N–H and O–H groups in total. The second kappa shape index (κ2) is 11.4. The number of benzene rings is 1. The summed E-state index contributed by atoms with van der Waals surface area (Å²) in [6.07, 6.45) is -0.372. The van der Waals surface area contributed by atoms with Crippen LogP contribution in [0.15, 0.2) is 23.4 Å². The van der Waals surface area contributed by atoms with Crippen molar-refractivity contribution in [2.45, 2.75) is 32.0 Å². The molecule has 2 heterocycles. The molecule has 0 atom stereocenters. The van der Waals surface area contributed by atoms with Crippen LogP contribution in [0.3, 0.4) is 0 Å². The highest BCUT2D eigenvalue weighted by atomic mass is 32.2. The van der Waals surface area contributed by atoms with Gasteiger partial charge in [0.15, 0.2) is 22.5 Å². The zero-order valence-corrected chi connectivity index (χ0v) is 22.3. The standard InChI is InChI=1S/C23H27N5O6S2/c1-11(2)34-22(31)17-12(3)18(19(24)30)36-21(17)25-16(29)10-35-23-27-26-20(28(23)4)13-7-8-14(32-5)15(9-13)33-6/h7-9,11H,10H2,1-6H3,(H2,24,30)(H,25,29). The van der Waals surface area contributed by atoms with Crippen LogP contribution < -0.4 is 20.5 Å². The number of nitrogens with two attached hydrogens (primary N) is 1. The molecule has 0 fully saturated rings. The molecule has 0 saturated carbocycles. The summed E-state index contributed by atoms with van der Waals surface area (Å²) < 4.78 is 17.7. The van der Waals surface area contributed by atoms with Gasteiger partial charge in [0.25, 0.3) is 5.91 Å². The van der Waals surface area contributed by atoms with E-state index in [0.29, 0.717) is 28.0 Å². The first-order chi connectivity index (χ1) is 17.1. The van der Waals surface area contributed by atoms with Crippen molar-refractivity contribution in [1.29, 1.82) is 0 Å². The maximum atomic E-state index is 12.7. The fourth-order valence-corrected chi connectivity index (χ4v) is 5.09. The maximum Gasteiger partial charge on any atom is 0.341 e. The molecule has 0 aliphatic carbocycles. The minimum Gasteiger partial charge on any atom is -0.493 e. The molecular formula is C23H27N5O6S2. The predicted octanol–water partition coefficient (Wildman–Crippen LogP) is 3.26. The number of thioether (sulfide) groups is 1. The van der Waals surface area contributed by atoms with Gasteiger partial charge in [-0.2, -0.15) is 0 Å². The lowest BCUT2D eigenvalue weighted by molar-refractivity contribution is -0.113. The average Bonchev–Trinajstić information content (AvgIpc) is 3.35. The second-order valence-corrected chi connectivity index (χ2v) is 9.81. The van der Waals surface area contributed by atoms with Crippen LogP contribution in [-0.2, 0) is 16.6 Å². The molecule has 0 aliphatic heterocycles. The summed E-state index contributed by atoms with van der Waals surface area (Å²) >= 11 is 2.11. The van der Waals surface area contributed by atoms with Crippen LogP contribution in [0.5, 0.6) is 11.5 Å². The largest absolute Gasteiger partial charge is 0.493 e. The zero-order valence-electron chi connectivity index (χ0n) is 20.7. The molecule has 0 aliphatic rings. The van der Waals surface area contributed by atoms with E-state index in [1.54, 1.807) is 58.7 Å². The van der Waals surface area contributed by atoms with E-state index >= 15 is 0 Å². The summed E-state index contributed by atoms with van der Waals surface area (Å²) in [5, 5.41) is 11.8. The van der Waals surface area contributed by atoms with E-state index in [-0.39, 0.29) is 27.3 Å². The first-order valence-corrected chi connectivity index (χ1v) is 12.6. The van der Waals surface area contributed by atoms with E-state index in [1.807, 2.05) is 6.07 Å². The Hall–Kier alpha value is -3.58. The van der Waals surface area contributed by atoms with Crippen LogP contribution in [0, 0.1) is 6.92 Å². The van der Waals surface area contributed by atoms with Crippen LogP contribution in [0.25, 0.3) is 11.4 Å². The molecule has 0 radical (unpaired) electrons. The summed E-state index contributed by atoms with van der Waals surface area (Å²) in [5.41, 5.74) is 6.69. The predicted molar refractivity (Wildman–Crippen MR) is 137 cm³/mol. The van der Waals surface area contributed by atoms with Gasteiger partial charge < -0.3 is 29.8 Å². The third kappa shape index (κ3) is 5.79. The van der Waals surface area contributed by atoms with Gasteiger partial charge in [0.1, 0.15) is 5.00 Å². The van der Waals surface area contributed by atoms with Gasteiger partial charge in [-0.1, -0.05) is 11.8 Å². The summed E-state index contributed by atoms with van der Waals surface area (Å²) in [4.78, 5) is 37.3. The third-order valence-electron chi connectivity index (χ3n) is 4.98. The number of primary amides is 1. The number of methoxy groups -OCH3 is 2. The Morgan fingerprint density at radius 2 is 1.86 bits per heavy atom. The van der Waals surface area contributed by atoms with Crippen molar-refractivity contribution < 1.29 is 28.6 Å². The number of anilines is 1. The molecular weight excluding hydrogens is 506 g/mol. The van der Waals surface area contributed by atoms with Gasteiger partial charge >= 0.3 is 5.97 Å². The Morgan fingerprint density at radius 1 is 1.17 bits per heavy atom. The highest BCUT2D eigenvalue weighted by molar-refractivity contribution is 7.99. The van der Waals surface area contributed by atoms with E-state index in [2.05, 4.69) is 15.5 Å². The van der Waals surface area contributed by atoms with Crippen molar-refractivity contribution in [2.24, 2.45) is 12.8 Å². The van der Waals surface area contributed by atoms with Crippen LogP contribution in [0.2, 0.25) is 0 Å². The lowest BCUT2D eigenvalue weighted by Crippen LogP contribution is -2.18. The summed E-state index contributed by atoms with van der Waals surface area (Å²) in [5.74, 6) is -0.00659. The highest BCUT2D eigenvalue weighted by Gasteiger charge is 2.26. The Kier molecular flexibility index (Phi) is 8.58. The van der Waals surface area contributed by atoms with Crippen molar-refractivity contribution in [3.63, 3.8) is 0 Å². The van der Waals surface area contributed by atoms with Crippen molar-refractivity contribution in [1.82, 2.24) is 14.8 Å². The molecule has 0 unspecified atom stereocenters.